The van der Waals surface area contributed by atoms with Crippen LogP contribution < -0.4 is 15.4 Å². The molecule has 0 aliphatic carbocycles. The third-order valence-electron chi connectivity index (χ3n) is 3.81. The predicted octanol–water partition coefficient (Wildman–Crippen LogP) is 4.05. The molecular weight excluding hydrogens is 380 g/mol. The first kappa shape index (κ1) is 20.0. The van der Waals surface area contributed by atoms with Crippen molar-refractivity contribution in [1.82, 2.24) is 20.2 Å². The van der Waals surface area contributed by atoms with Crippen molar-refractivity contribution in [1.29, 1.82) is 5.26 Å². The van der Waals surface area contributed by atoms with Crippen molar-refractivity contribution < 1.29 is 13.5 Å². The van der Waals surface area contributed by atoms with E-state index < -0.39 is 17.7 Å². The van der Waals surface area contributed by atoms with Crippen molar-refractivity contribution in [3.05, 3.63) is 53.4 Å². The number of ether oxygens (including phenoxy) is 1. The smallest absolute Gasteiger partial charge is 0.234 e. The first-order valence-corrected chi connectivity index (χ1v) is 8.83. The lowest BCUT2D eigenvalue weighted by atomic mass is 10.2. The van der Waals surface area contributed by atoms with Crippen LogP contribution in [0.15, 0.2) is 30.5 Å². The summed E-state index contributed by atoms with van der Waals surface area (Å²) in [6.45, 7) is 5.49. The highest BCUT2D eigenvalue weighted by atomic mass is 19.1. The van der Waals surface area contributed by atoms with Crippen LogP contribution in [0.3, 0.4) is 0 Å². The zero-order valence-corrected chi connectivity index (χ0v) is 16.0. The van der Waals surface area contributed by atoms with Crippen molar-refractivity contribution >= 4 is 17.5 Å². The van der Waals surface area contributed by atoms with Gasteiger partial charge in [-0.2, -0.15) is 5.26 Å². The highest BCUT2D eigenvalue weighted by Crippen LogP contribution is 2.26. The average Bonchev–Trinajstić information content (AvgIpc) is 3.10. The fourth-order valence-electron chi connectivity index (χ4n) is 2.49. The molecule has 8 nitrogen and oxygen atoms in total. The van der Waals surface area contributed by atoms with E-state index >= 15 is 0 Å². The van der Waals surface area contributed by atoms with E-state index in [2.05, 4.69) is 30.8 Å². The Kier molecular flexibility index (Phi) is 5.87. The molecule has 0 saturated carbocycles. The number of halogens is 2. The largest absolute Gasteiger partial charge is 0.474 e. The lowest BCUT2D eigenvalue weighted by molar-refractivity contribution is 0.232. The fourth-order valence-corrected chi connectivity index (χ4v) is 2.49. The topological polar surface area (TPSA) is 112 Å². The normalized spacial score (nSPS) is 11.8. The van der Waals surface area contributed by atoms with Crippen LogP contribution in [-0.4, -0.2) is 26.3 Å². The lowest BCUT2D eigenvalue weighted by Gasteiger charge is -2.16. The van der Waals surface area contributed by atoms with Gasteiger partial charge in [0.1, 0.15) is 23.5 Å². The molecule has 0 aromatic carbocycles. The summed E-state index contributed by atoms with van der Waals surface area (Å²) in [6.07, 6.45) is 1.03. The molecule has 0 bridgehead atoms. The van der Waals surface area contributed by atoms with Gasteiger partial charge in [0, 0.05) is 6.07 Å². The van der Waals surface area contributed by atoms with E-state index in [0.717, 1.165) is 12.3 Å². The minimum absolute atomic E-state index is 0.0236. The molecule has 0 radical (unpaired) electrons. The monoisotopic (exact) mass is 399 g/mol. The van der Waals surface area contributed by atoms with E-state index in [9.17, 15) is 14.0 Å². The van der Waals surface area contributed by atoms with Crippen molar-refractivity contribution in [3.8, 4) is 11.9 Å². The van der Waals surface area contributed by atoms with Gasteiger partial charge in [0.2, 0.25) is 5.88 Å². The van der Waals surface area contributed by atoms with E-state index in [1.165, 1.54) is 12.1 Å². The molecule has 10 heteroatoms. The van der Waals surface area contributed by atoms with E-state index in [1.54, 1.807) is 13.0 Å². The van der Waals surface area contributed by atoms with Crippen molar-refractivity contribution in [2.45, 2.75) is 32.9 Å². The molecular formula is C19H19F2N7O. The van der Waals surface area contributed by atoms with Gasteiger partial charge in [0.05, 0.1) is 29.6 Å². The second kappa shape index (κ2) is 8.52. The summed E-state index contributed by atoms with van der Waals surface area (Å²) in [5.41, 5.74) is 0.565. The minimum Gasteiger partial charge on any atom is -0.474 e. The maximum absolute atomic E-state index is 14.4. The van der Waals surface area contributed by atoms with Gasteiger partial charge in [-0.15, -0.1) is 5.10 Å². The molecule has 0 aliphatic heterocycles. The third-order valence-corrected chi connectivity index (χ3v) is 3.81. The fraction of sp³-hybridized carbons (Fsp3) is 0.263. The molecule has 3 N–H and O–H groups in total. The Balaban J connectivity index is 1.83. The van der Waals surface area contributed by atoms with Crippen LogP contribution in [0.25, 0.3) is 0 Å². The van der Waals surface area contributed by atoms with Gasteiger partial charge in [-0.25, -0.2) is 13.8 Å². The Bertz CT molecular complexity index is 1030. The molecule has 3 aromatic heterocycles. The molecule has 1 atom stereocenters. The van der Waals surface area contributed by atoms with Crippen LogP contribution in [0.2, 0.25) is 0 Å². The van der Waals surface area contributed by atoms with Crippen LogP contribution in [0.5, 0.6) is 5.88 Å². The van der Waals surface area contributed by atoms with Crippen molar-refractivity contribution in [2.75, 3.05) is 10.6 Å². The molecule has 0 spiro atoms. The first-order valence-electron chi connectivity index (χ1n) is 8.83. The number of nitrogens with zero attached hydrogens (tertiary/aromatic N) is 4. The SMILES string of the molecule is CC(C)Oc1cc(Nc2nc(N[C@H](C)c3ccc(F)cn3)c(C#N)cc2F)[nH]n1. The van der Waals surface area contributed by atoms with Crippen LogP contribution in [-0.2, 0) is 0 Å². The second-order valence-electron chi connectivity index (χ2n) is 6.51. The summed E-state index contributed by atoms with van der Waals surface area (Å²) < 4.78 is 32.9. The summed E-state index contributed by atoms with van der Waals surface area (Å²) >= 11 is 0. The predicted molar refractivity (Wildman–Crippen MR) is 103 cm³/mol. The quantitative estimate of drug-likeness (QED) is 0.549. The van der Waals surface area contributed by atoms with Gasteiger partial charge in [0.15, 0.2) is 11.6 Å². The van der Waals surface area contributed by atoms with Crippen LogP contribution in [0.1, 0.15) is 38.1 Å². The summed E-state index contributed by atoms with van der Waals surface area (Å²) in [5, 5.41) is 21.8. The number of hydrogen-bond donors (Lipinski definition) is 3. The number of aromatic amines is 1. The number of H-pyrrole nitrogens is 1. The van der Waals surface area contributed by atoms with Crippen molar-refractivity contribution in [2.24, 2.45) is 0 Å². The van der Waals surface area contributed by atoms with E-state index in [1.807, 2.05) is 19.9 Å². The Morgan fingerprint density at radius 1 is 1.17 bits per heavy atom. The van der Waals surface area contributed by atoms with E-state index in [4.69, 9.17) is 4.74 Å². The highest BCUT2D eigenvalue weighted by molar-refractivity contribution is 5.62. The number of hydrogen-bond acceptors (Lipinski definition) is 7. The second-order valence-corrected chi connectivity index (χ2v) is 6.51. The Morgan fingerprint density at radius 3 is 2.62 bits per heavy atom. The van der Waals surface area contributed by atoms with Crippen molar-refractivity contribution in [3.63, 3.8) is 0 Å². The van der Waals surface area contributed by atoms with Gasteiger partial charge < -0.3 is 15.4 Å². The van der Waals surface area contributed by atoms with Gasteiger partial charge in [-0.1, -0.05) is 0 Å². The summed E-state index contributed by atoms with van der Waals surface area (Å²) in [5.74, 6) is -0.383. The number of pyridine rings is 2. The van der Waals surface area contributed by atoms with E-state index in [-0.39, 0.29) is 23.3 Å². The number of nitriles is 1. The van der Waals surface area contributed by atoms with Gasteiger partial charge in [0.25, 0.3) is 0 Å². The number of aromatic nitrogens is 4. The molecule has 0 aliphatic rings. The molecule has 3 rings (SSSR count). The standard InChI is InChI=1S/C19H19F2N7O/c1-10(2)29-17-7-16(27-28-17)25-19-14(21)6-12(8-22)18(26-19)24-11(3)15-5-4-13(20)9-23-15/h4-7,9-11H,1-3H3,(H3,24,25,26,27,28)/t11-/m1/s1. The third kappa shape index (κ3) is 4.95. The molecule has 3 aromatic rings. The van der Waals surface area contributed by atoms with Gasteiger partial charge >= 0.3 is 0 Å². The Labute approximate surface area is 166 Å². The molecule has 150 valence electrons. The Morgan fingerprint density at radius 2 is 1.97 bits per heavy atom. The molecule has 0 unspecified atom stereocenters. The zero-order chi connectivity index (χ0) is 21.0. The first-order chi connectivity index (χ1) is 13.9. The van der Waals surface area contributed by atoms with Crippen LogP contribution >= 0.6 is 0 Å². The van der Waals surface area contributed by atoms with E-state index in [0.29, 0.717) is 17.4 Å². The molecule has 0 saturated heterocycles. The molecule has 29 heavy (non-hydrogen) atoms. The molecule has 0 amide bonds. The summed E-state index contributed by atoms with van der Waals surface area (Å²) in [4.78, 5) is 8.18. The average molecular weight is 399 g/mol. The lowest BCUT2D eigenvalue weighted by Crippen LogP contribution is -2.12. The van der Waals surface area contributed by atoms with Gasteiger partial charge in [-0.3, -0.25) is 10.1 Å². The Hall–Kier alpha value is -3.74. The van der Waals surface area contributed by atoms with Gasteiger partial charge in [-0.05, 0) is 39.0 Å². The number of anilines is 3. The summed E-state index contributed by atoms with van der Waals surface area (Å²) in [6, 6.07) is 6.95. The number of rotatable bonds is 7. The highest BCUT2D eigenvalue weighted by Gasteiger charge is 2.16. The molecule has 0 fully saturated rings. The minimum atomic E-state index is -0.708. The van der Waals surface area contributed by atoms with Crippen LogP contribution in [0, 0.1) is 23.0 Å². The summed E-state index contributed by atoms with van der Waals surface area (Å²) in [7, 11) is 0. The maximum atomic E-state index is 14.4. The maximum Gasteiger partial charge on any atom is 0.234 e. The number of nitrogens with one attached hydrogen (secondary N) is 3. The molecule has 3 heterocycles. The van der Waals surface area contributed by atoms with Crippen LogP contribution in [0.4, 0.5) is 26.2 Å². The zero-order valence-electron chi connectivity index (χ0n) is 16.0.